The van der Waals surface area contributed by atoms with Crippen LogP contribution in [0.5, 0.6) is 0 Å². The SMILES string of the molecule is CC(=O)NS(=O)(=O)c1ccc2ncsc2c1. The van der Waals surface area contributed by atoms with Crippen molar-refractivity contribution in [1.29, 1.82) is 0 Å². The monoisotopic (exact) mass is 256 g/mol. The summed E-state index contributed by atoms with van der Waals surface area (Å²) in [4.78, 5) is 14.9. The predicted octanol–water partition coefficient (Wildman–Crippen LogP) is 1.12. The first-order valence-corrected chi connectivity index (χ1v) is 6.72. The summed E-state index contributed by atoms with van der Waals surface area (Å²) in [5.74, 6) is -0.607. The number of benzene rings is 1. The highest BCUT2D eigenvalue weighted by atomic mass is 32.2. The van der Waals surface area contributed by atoms with Gasteiger partial charge in [0.15, 0.2) is 0 Å². The van der Waals surface area contributed by atoms with Crippen molar-refractivity contribution in [3.05, 3.63) is 23.7 Å². The third kappa shape index (κ3) is 2.05. The Labute approximate surface area is 96.2 Å². The number of nitrogens with one attached hydrogen (secondary N) is 1. The van der Waals surface area contributed by atoms with Crippen LogP contribution in [0.3, 0.4) is 0 Å². The average Bonchev–Trinajstić information content (AvgIpc) is 2.61. The number of hydrogen-bond donors (Lipinski definition) is 1. The van der Waals surface area contributed by atoms with E-state index in [1.54, 1.807) is 11.6 Å². The Morgan fingerprint density at radius 2 is 2.19 bits per heavy atom. The van der Waals surface area contributed by atoms with E-state index in [1.165, 1.54) is 23.5 Å². The van der Waals surface area contributed by atoms with E-state index in [2.05, 4.69) is 4.98 Å². The first-order chi connectivity index (χ1) is 7.49. The smallest absolute Gasteiger partial charge is 0.264 e. The molecule has 0 aliphatic heterocycles. The van der Waals surface area contributed by atoms with Gasteiger partial charge >= 0.3 is 0 Å². The van der Waals surface area contributed by atoms with Crippen LogP contribution in [0.2, 0.25) is 0 Å². The molecule has 0 atom stereocenters. The number of fused-ring (bicyclic) bond motifs is 1. The largest absolute Gasteiger partial charge is 0.274 e. The molecule has 0 saturated carbocycles. The van der Waals surface area contributed by atoms with Crippen molar-refractivity contribution in [3.63, 3.8) is 0 Å². The zero-order valence-electron chi connectivity index (χ0n) is 8.30. The molecule has 1 N–H and O–H groups in total. The van der Waals surface area contributed by atoms with Gasteiger partial charge in [0.2, 0.25) is 5.91 Å². The van der Waals surface area contributed by atoms with Gasteiger partial charge in [-0.05, 0) is 18.2 Å². The van der Waals surface area contributed by atoms with Gasteiger partial charge in [0.05, 0.1) is 20.6 Å². The Morgan fingerprint density at radius 1 is 1.44 bits per heavy atom. The third-order valence-corrected chi connectivity index (χ3v) is 4.11. The van der Waals surface area contributed by atoms with Gasteiger partial charge in [-0.3, -0.25) is 4.79 Å². The fourth-order valence-electron chi connectivity index (χ4n) is 1.25. The van der Waals surface area contributed by atoms with Crippen LogP contribution < -0.4 is 4.72 Å². The van der Waals surface area contributed by atoms with Gasteiger partial charge < -0.3 is 0 Å². The molecular weight excluding hydrogens is 248 g/mol. The predicted molar refractivity (Wildman–Crippen MR) is 60.6 cm³/mol. The minimum atomic E-state index is -3.75. The zero-order valence-corrected chi connectivity index (χ0v) is 9.93. The van der Waals surface area contributed by atoms with E-state index < -0.39 is 15.9 Å². The molecule has 1 heterocycles. The lowest BCUT2D eigenvalue weighted by Crippen LogP contribution is -2.28. The van der Waals surface area contributed by atoms with Crippen LogP contribution in [0.15, 0.2) is 28.6 Å². The standard InChI is InChI=1S/C9H8N2O3S2/c1-6(12)11-16(13,14)7-2-3-8-9(4-7)15-5-10-8/h2-5H,1H3,(H,11,12). The molecule has 0 spiro atoms. The molecule has 0 aliphatic carbocycles. The molecule has 0 aliphatic rings. The Balaban J connectivity index is 2.50. The molecule has 0 radical (unpaired) electrons. The van der Waals surface area contributed by atoms with E-state index in [-0.39, 0.29) is 4.90 Å². The fraction of sp³-hybridized carbons (Fsp3) is 0.111. The third-order valence-electron chi connectivity index (χ3n) is 1.89. The van der Waals surface area contributed by atoms with E-state index in [0.29, 0.717) is 0 Å². The molecular formula is C9H8N2O3S2. The van der Waals surface area contributed by atoms with Crippen LogP contribution in [0.4, 0.5) is 0 Å². The maximum Gasteiger partial charge on any atom is 0.264 e. The number of carbonyl (C=O) groups excluding carboxylic acids is 1. The summed E-state index contributed by atoms with van der Waals surface area (Å²) >= 11 is 1.35. The summed E-state index contributed by atoms with van der Waals surface area (Å²) in [6.45, 7) is 1.16. The Hall–Kier alpha value is -1.47. The van der Waals surface area contributed by atoms with Gasteiger partial charge in [-0.1, -0.05) is 0 Å². The summed E-state index contributed by atoms with van der Waals surface area (Å²) in [6.07, 6.45) is 0. The second-order valence-electron chi connectivity index (χ2n) is 3.14. The summed E-state index contributed by atoms with van der Waals surface area (Å²) < 4.78 is 26.0. The lowest BCUT2D eigenvalue weighted by Gasteiger charge is -2.03. The normalized spacial score (nSPS) is 11.6. The van der Waals surface area contributed by atoms with Crippen molar-refractivity contribution >= 4 is 37.5 Å². The molecule has 0 unspecified atom stereocenters. The zero-order chi connectivity index (χ0) is 11.8. The Kier molecular flexibility index (Phi) is 2.64. The maximum absolute atomic E-state index is 11.7. The highest BCUT2D eigenvalue weighted by Crippen LogP contribution is 2.21. The van der Waals surface area contributed by atoms with Gasteiger partial charge in [0.25, 0.3) is 10.0 Å². The molecule has 7 heteroatoms. The molecule has 0 saturated heterocycles. The molecule has 1 amide bonds. The first-order valence-electron chi connectivity index (χ1n) is 4.36. The lowest BCUT2D eigenvalue weighted by molar-refractivity contribution is -0.117. The maximum atomic E-state index is 11.7. The number of thiazole rings is 1. The molecule has 0 bridgehead atoms. The van der Waals surface area contributed by atoms with Crippen LogP contribution in [0.1, 0.15) is 6.92 Å². The molecule has 5 nitrogen and oxygen atoms in total. The number of amides is 1. The van der Waals surface area contributed by atoms with E-state index in [1.807, 2.05) is 4.72 Å². The molecule has 1 aromatic heterocycles. The van der Waals surface area contributed by atoms with Gasteiger partial charge in [-0.25, -0.2) is 18.1 Å². The van der Waals surface area contributed by atoms with E-state index in [4.69, 9.17) is 0 Å². The second kappa shape index (κ2) is 3.84. The van der Waals surface area contributed by atoms with Gasteiger partial charge in [0.1, 0.15) is 0 Å². The minimum Gasteiger partial charge on any atom is -0.274 e. The number of rotatable bonds is 2. The van der Waals surface area contributed by atoms with Crippen molar-refractivity contribution in [2.24, 2.45) is 0 Å². The quantitative estimate of drug-likeness (QED) is 0.873. The van der Waals surface area contributed by atoms with Crippen molar-refractivity contribution in [1.82, 2.24) is 9.71 Å². The van der Waals surface area contributed by atoms with Crippen LogP contribution in [0.25, 0.3) is 10.2 Å². The van der Waals surface area contributed by atoms with Gasteiger partial charge in [-0.15, -0.1) is 11.3 Å². The highest BCUT2D eigenvalue weighted by Gasteiger charge is 2.15. The molecule has 0 fully saturated rings. The summed E-state index contributed by atoms with van der Waals surface area (Å²) in [7, 11) is -3.75. The van der Waals surface area contributed by atoms with Crippen LogP contribution in [-0.4, -0.2) is 19.3 Å². The van der Waals surface area contributed by atoms with Gasteiger partial charge in [-0.2, -0.15) is 0 Å². The Bertz CT molecular complexity index is 646. The van der Waals surface area contributed by atoms with Crippen molar-refractivity contribution in [2.75, 3.05) is 0 Å². The Morgan fingerprint density at radius 3 is 2.88 bits per heavy atom. The first kappa shape index (κ1) is 11.0. The average molecular weight is 256 g/mol. The van der Waals surface area contributed by atoms with Crippen LogP contribution in [-0.2, 0) is 14.8 Å². The number of carbonyl (C=O) groups is 1. The van der Waals surface area contributed by atoms with E-state index in [0.717, 1.165) is 17.1 Å². The van der Waals surface area contributed by atoms with Crippen molar-refractivity contribution < 1.29 is 13.2 Å². The molecule has 84 valence electrons. The van der Waals surface area contributed by atoms with Crippen molar-refractivity contribution in [3.8, 4) is 0 Å². The highest BCUT2D eigenvalue weighted by molar-refractivity contribution is 7.90. The second-order valence-corrected chi connectivity index (χ2v) is 5.71. The molecule has 2 rings (SSSR count). The fourth-order valence-corrected chi connectivity index (χ4v) is 3.06. The molecule has 2 aromatic rings. The lowest BCUT2D eigenvalue weighted by atomic mass is 10.3. The topological polar surface area (TPSA) is 76.1 Å². The number of sulfonamides is 1. The summed E-state index contributed by atoms with van der Waals surface area (Å²) in [5, 5.41) is 0. The minimum absolute atomic E-state index is 0.0689. The number of aromatic nitrogens is 1. The van der Waals surface area contributed by atoms with E-state index >= 15 is 0 Å². The number of nitrogens with zero attached hydrogens (tertiary/aromatic N) is 1. The van der Waals surface area contributed by atoms with E-state index in [9.17, 15) is 13.2 Å². The van der Waals surface area contributed by atoms with Crippen LogP contribution >= 0.6 is 11.3 Å². The summed E-state index contributed by atoms with van der Waals surface area (Å²) in [6, 6.07) is 4.53. The van der Waals surface area contributed by atoms with Crippen molar-refractivity contribution in [2.45, 2.75) is 11.8 Å². The summed E-state index contributed by atoms with van der Waals surface area (Å²) in [5.41, 5.74) is 2.38. The number of hydrogen-bond acceptors (Lipinski definition) is 5. The van der Waals surface area contributed by atoms with Crippen LogP contribution in [0, 0.1) is 0 Å². The van der Waals surface area contributed by atoms with Gasteiger partial charge in [0, 0.05) is 6.92 Å². The molecule has 16 heavy (non-hydrogen) atoms. The molecule has 1 aromatic carbocycles.